The number of hydrogen-bond donors (Lipinski definition) is 3. The van der Waals surface area contributed by atoms with Crippen LogP contribution in [0, 0.1) is 6.92 Å². The molecule has 2 atom stereocenters. The molecule has 1 heterocycles. The Morgan fingerprint density at radius 3 is 2.39 bits per heavy atom. The van der Waals surface area contributed by atoms with Crippen LogP contribution >= 0.6 is 0 Å². The van der Waals surface area contributed by atoms with Crippen molar-refractivity contribution in [3.63, 3.8) is 0 Å². The average molecular weight is 423 g/mol. The summed E-state index contributed by atoms with van der Waals surface area (Å²) < 4.78 is 0. The fraction of sp³-hybridized carbons (Fsp3) is 0.480. The third-order valence-corrected chi connectivity index (χ3v) is 6.59. The molecule has 6 nitrogen and oxygen atoms in total. The third kappa shape index (κ3) is 4.96. The van der Waals surface area contributed by atoms with Gasteiger partial charge < -0.3 is 25.5 Å². The van der Waals surface area contributed by atoms with Crippen molar-refractivity contribution in [2.45, 2.75) is 44.8 Å². The lowest BCUT2D eigenvalue weighted by Crippen LogP contribution is -2.47. The van der Waals surface area contributed by atoms with Crippen LogP contribution in [0.4, 0.5) is 17.1 Å². The summed E-state index contributed by atoms with van der Waals surface area (Å²) in [5.74, 6) is -0.0634. The summed E-state index contributed by atoms with van der Waals surface area (Å²) in [7, 11) is 1.90. The average Bonchev–Trinajstić information content (AvgIpc) is 2.79. The highest BCUT2D eigenvalue weighted by molar-refractivity contribution is 5.96. The molecule has 166 valence electrons. The van der Waals surface area contributed by atoms with Gasteiger partial charge in [0, 0.05) is 50.5 Å². The molecule has 2 aliphatic rings. The van der Waals surface area contributed by atoms with Crippen molar-refractivity contribution in [1.82, 2.24) is 5.32 Å². The molecule has 1 saturated carbocycles. The van der Waals surface area contributed by atoms with E-state index in [1.165, 1.54) is 11.3 Å². The van der Waals surface area contributed by atoms with Gasteiger partial charge in [-0.05, 0) is 62.4 Å². The normalized spacial score (nSPS) is 21.6. The fourth-order valence-electron chi connectivity index (χ4n) is 4.82. The Balaban J connectivity index is 1.41. The number of para-hydroxylation sites is 1. The number of aryl methyl sites for hydroxylation is 1. The van der Waals surface area contributed by atoms with Gasteiger partial charge in [-0.1, -0.05) is 18.2 Å². The number of piperazine rings is 1. The van der Waals surface area contributed by atoms with E-state index in [9.17, 15) is 9.90 Å². The topological polar surface area (TPSA) is 67.8 Å². The zero-order chi connectivity index (χ0) is 21.8. The van der Waals surface area contributed by atoms with E-state index in [0.717, 1.165) is 56.8 Å². The number of aliphatic hydroxyl groups excluding tert-OH is 1. The first-order chi connectivity index (χ1) is 15.0. The second-order valence-electron chi connectivity index (χ2n) is 8.73. The lowest BCUT2D eigenvalue weighted by Gasteiger charge is -2.38. The summed E-state index contributed by atoms with van der Waals surface area (Å²) in [5.41, 5.74) is 5.40. The number of nitrogens with one attached hydrogen (secondary N) is 2. The smallest absolute Gasteiger partial charge is 0.251 e. The number of amides is 1. The molecule has 4 rings (SSSR count). The van der Waals surface area contributed by atoms with E-state index in [1.807, 2.05) is 19.2 Å². The van der Waals surface area contributed by atoms with Crippen molar-refractivity contribution in [2.24, 2.45) is 0 Å². The van der Waals surface area contributed by atoms with Crippen LogP contribution in [0.3, 0.4) is 0 Å². The van der Waals surface area contributed by atoms with Gasteiger partial charge in [0.25, 0.3) is 5.91 Å². The molecular weight excluding hydrogens is 388 g/mol. The summed E-state index contributed by atoms with van der Waals surface area (Å²) in [6.45, 7) is 5.99. The lowest BCUT2D eigenvalue weighted by atomic mass is 9.93. The zero-order valence-corrected chi connectivity index (χ0v) is 18.6. The summed E-state index contributed by atoms with van der Waals surface area (Å²) in [5, 5.41) is 16.2. The molecule has 0 aromatic heterocycles. The van der Waals surface area contributed by atoms with Gasteiger partial charge >= 0.3 is 0 Å². The lowest BCUT2D eigenvalue weighted by molar-refractivity contribution is 0.0850. The van der Waals surface area contributed by atoms with E-state index in [2.05, 4.69) is 57.7 Å². The predicted octanol–water partition coefficient (Wildman–Crippen LogP) is 3.40. The molecule has 0 radical (unpaired) electrons. The third-order valence-electron chi connectivity index (χ3n) is 6.59. The SMILES string of the molecule is CNc1cc(C(=O)NC2CCCC(O)C2)ccc1N1CCN(c2ccccc2C)CC1. The number of rotatable bonds is 5. The Morgan fingerprint density at radius 2 is 1.71 bits per heavy atom. The van der Waals surface area contributed by atoms with Crippen LogP contribution in [0.25, 0.3) is 0 Å². The first-order valence-corrected chi connectivity index (χ1v) is 11.4. The maximum Gasteiger partial charge on any atom is 0.251 e. The van der Waals surface area contributed by atoms with E-state index in [0.29, 0.717) is 12.0 Å². The van der Waals surface area contributed by atoms with Gasteiger partial charge in [0.2, 0.25) is 0 Å². The van der Waals surface area contributed by atoms with Crippen molar-refractivity contribution >= 4 is 23.0 Å². The number of carbonyl (C=O) groups excluding carboxylic acids is 1. The van der Waals surface area contributed by atoms with Crippen LogP contribution in [0.15, 0.2) is 42.5 Å². The molecule has 2 aromatic rings. The van der Waals surface area contributed by atoms with E-state index in [1.54, 1.807) is 0 Å². The number of hydrogen-bond acceptors (Lipinski definition) is 5. The van der Waals surface area contributed by atoms with Crippen LogP contribution in [0.2, 0.25) is 0 Å². The number of aliphatic hydroxyl groups is 1. The Bertz CT molecular complexity index is 908. The van der Waals surface area contributed by atoms with Gasteiger partial charge in [0.1, 0.15) is 0 Å². The molecular formula is C25H34N4O2. The van der Waals surface area contributed by atoms with Crippen LogP contribution in [0.5, 0.6) is 0 Å². The van der Waals surface area contributed by atoms with Crippen LogP contribution in [-0.2, 0) is 0 Å². The summed E-state index contributed by atoms with van der Waals surface area (Å²) >= 11 is 0. The molecule has 1 amide bonds. The van der Waals surface area contributed by atoms with Crippen LogP contribution in [0.1, 0.15) is 41.6 Å². The largest absolute Gasteiger partial charge is 0.393 e. The zero-order valence-electron chi connectivity index (χ0n) is 18.6. The van der Waals surface area contributed by atoms with E-state index in [4.69, 9.17) is 0 Å². The van der Waals surface area contributed by atoms with Crippen molar-refractivity contribution in [1.29, 1.82) is 0 Å². The Labute approximate surface area is 185 Å². The Kier molecular flexibility index (Phi) is 6.66. The highest BCUT2D eigenvalue weighted by atomic mass is 16.3. The van der Waals surface area contributed by atoms with Crippen molar-refractivity contribution in [3.8, 4) is 0 Å². The minimum absolute atomic E-state index is 0.0588. The molecule has 1 aliphatic carbocycles. The monoisotopic (exact) mass is 422 g/mol. The quantitative estimate of drug-likeness (QED) is 0.689. The number of anilines is 3. The van der Waals surface area contributed by atoms with Crippen LogP contribution < -0.4 is 20.4 Å². The van der Waals surface area contributed by atoms with Gasteiger partial charge in [0.15, 0.2) is 0 Å². The van der Waals surface area contributed by atoms with Gasteiger partial charge in [0.05, 0.1) is 17.5 Å². The maximum absolute atomic E-state index is 12.8. The highest BCUT2D eigenvalue weighted by Crippen LogP contribution is 2.30. The maximum atomic E-state index is 12.8. The molecule has 31 heavy (non-hydrogen) atoms. The minimum Gasteiger partial charge on any atom is -0.393 e. The molecule has 2 unspecified atom stereocenters. The molecule has 6 heteroatoms. The van der Waals surface area contributed by atoms with Crippen LogP contribution in [-0.4, -0.2) is 56.4 Å². The second-order valence-corrected chi connectivity index (χ2v) is 8.73. The first kappa shape index (κ1) is 21.5. The molecule has 0 spiro atoms. The van der Waals surface area contributed by atoms with Gasteiger partial charge in [-0.2, -0.15) is 0 Å². The molecule has 0 bridgehead atoms. The van der Waals surface area contributed by atoms with E-state index in [-0.39, 0.29) is 18.1 Å². The fourth-order valence-corrected chi connectivity index (χ4v) is 4.82. The minimum atomic E-state index is -0.298. The molecule has 1 aliphatic heterocycles. The highest BCUT2D eigenvalue weighted by Gasteiger charge is 2.24. The molecule has 1 saturated heterocycles. The second kappa shape index (κ2) is 9.60. The van der Waals surface area contributed by atoms with Crippen molar-refractivity contribution in [3.05, 3.63) is 53.6 Å². The standard InChI is InChI=1S/C25H34N4O2/c1-18-6-3-4-9-23(18)28-12-14-29(15-13-28)24-11-10-19(16-22(24)26-2)25(31)27-20-7-5-8-21(30)17-20/h3-4,6,9-11,16,20-21,26,30H,5,7-8,12-15,17H2,1-2H3,(H,27,31). The summed E-state index contributed by atoms with van der Waals surface area (Å²) in [4.78, 5) is 17.6. The number of nitrogens with zero attached hydrogens (tertiary/aromatic N) is 2. The molecule has 2 fully saturated rings. The van der Waals surface area contributed by atoms with Gasteiger partial charge in [-0.15, -0.1) is 0 Å². The predicted molar refractivity (Wildman–Crippen MR) is 127 cm³/mol. The van der Waals surface area contributed by atoms with Gasteiger partial charge in [-0.3, -0.25) is 4.79 Å². The first-order valence-electron chi connectivity index (χ1n) is 11.4. The van der Waals surface area contributed by atoms with E-state index >= 15 is 0 Å². The summed E-state index contributed by atoms with van der Waals surface area (Å²) in [6.07, 6.45) is 3.08. The molecule has 3 N–H and O–H groups in total. The molecule has 2 aromatic carbocycles. The summed E-state index contributed by atoms with van der Waals surface area (Å²) in [6, 6.07) is 14.5. The Morgan fingerprint density at radius 1 is 1.00 bits per heavy atom. The van der Waals surface area contributed by atoms with Crippen molar-refractivity contribution < 1.29 is 9.90 Å². The number of carbonyl (C=O) groups is 1. The van der Waals surface area contributed by atoms with E-state index < -0.39 is 0 Å². The van der Waals surface area contributed by atoms with Gasteiger partial charge in [-0.25, -0.2) is 0 Å². The number of benzene rings is 2. The van der Waals surface area contributed by atoms with Crippen molar-refractivity contribution in [2.75, 3.05) is 48.3 Å². The Hall–Kier alpha value is -2.73.